The van der Waals surface area contributed by atoms with Crippen molar-refractivity contribution in [1.29, 1.82) is 0 Å². The molecule has 0 heterocycles. The van der Waals surface area contributed by atoms with Gasteiger partial charge in [-0.15, -0.1) is 0 Å². The molecule has 0 aliphatic heterocycles. The Hall–Kier alpha value is -1.52. The smallest absolute Gasteiger partial charge is 0.141 e. The minimum atomic E-state index is -0.243. The van der Waals surface area contributed by atoms with Gasteiger partial charge in [0.1, 0.15) is 16.0 Å². The van der Waals surface area contributed by atoms with Gasteiger partial charge in [0.2, 0.25) is 0 Å². The summed E-state index contributed by atoms with van der Waals surface area (Å²) in [7, 11) is 3.26. The van der Waals surface area contributed by atoms with Crippen molar-refractivity contribution in [2.75, 3.05) is 14.2 Å². The van der Waals surface area contributed by atoms with E-state index < -0.39 is 0 Å². The Kier molecular flexibility index (Phi) is 4.68. The van der Waals surface area contributed by atoms with E-state index in [9.17, 15) is 0 Å². The van der Waals surface area contributed by atoms with E-state index in [1.54, 1.807) is 14.2 Å². The van der Waals surface area contributed by atoms with E-state index in [0.717, 1.165) is 21.3 Å². The zero-order valence-electron chi connectivity index (χ0n) is 11.8. The van der Waals surface area contributed by atoms with Crippen molar-refractivity contribution in [2.24, 2.45) is 5.73 Å². The van der Waals surface area contributed by atoms with Crippen LogP contribution in [-0.2, 0) is 0 Å². The summed E-state index contributed by atoms with van der Waals surface area (Å²) in [4.78, 5) is 0. The molecule has 20 heavy (non-hydrogen) atoms. The van der Waals surface area contributed by atoms with Crippen molar-refractivity contribution in [2.45, 2.75) is 13.0 Å². The molecule has 0 saturated carbocycles. The molecule has 2 N–H and O–H groups in total. The lowest BCUT2D eigenvalue weighted by molar-refractivity contribution is 0.385. The minimum absolute atomic E-state index is 0.243. The molecule has 0 spiro atoms. The largest absolute Gasteiger partial charge is 0.495 e. The van der Waals surface area contributed by atoms with Crippen LogP contribution < -0.4 is 15.2 Å². The zero-order chi connectivity index (χ0) is 14.7. The molecule has 0 radical (unpaired) electrons. The van der Waals surface area contributed by atoms with Crippen molar-refractivity contribution in [1.82, 2.24) is 0 Å². The molecule has 0 fully saturated rings. The standard InChI is InChI=1S/C16H18BrNO2/c1-10-5-4-6-11(9-10)15(18)12-7-8-13(19-2)14(17)16(12)20-3/h4-9,15H,18H2,1-3H3. The molecule has 0 aliphatic rings. The fourth-order valence-corrected chi connectivity index (χ4v) is 2.89. The first-order chi connectivity index (χ1) is 9.58. The van der Waals surface area contributed by atoms with Crippen LogP contribution in [0.3, 0.4) is 0 Å². The van der Waals surface area contributed by atoms with Gasteiger partial charge in [0.05, 0.1) is 20.3 Å². The average Bonchev–Trinajstić information content (AvgIpc) is 2.46. The van der Waals surface area contributed by atoms with E-state index in [1.165, 1.54) is 5.56 Å². The lowest BCUT2D eigenvalue weighted by atomic mass is 9.97. The van der Waals surface area contributed by atoms with Crippen LogP contribution in [0.2, 0.25) is 0 Å². The third-order valence-corrected chi connectivity index (χ3v) is 4.00. The number of aryl methyl sites for hydroxylation is 1. The number of benzene rings is 2. The molecule has 106 valence electrons. The van der Waals surface area contributed by atoms with Gasteiger partial charge in [-0.1, -0.05) is 29.8 Å². The van der Waals surface area contributed by atoms with Gasteiger partial charge in [0, 0.05) is 5.56 Å². The average molecular weight is 336 g/mol. The number of halogens is 1. The summed E-state index contributed by atoms with van der Waals surface area (Å²) in [6, 6.07) is 11.8. The zero-order valence-corrected chi connectivity index (χ0v) is 13.4. The summed E-state index contributed by atoms with van der Waals surface area (Å²) in [5.41, 5.74) is 9.54. The van der Waals surface area contributed by atoms with E-state index in [1.807, 2.05) is 24.3 Å². The molecular weight excluding hydrogens is 318 g/mol. The maximum atomic E-state index is 6.38. The number of hydrogen-bond acceptors (Lipinski definition) is 3. The molecule has 1 unspecified atom stereocenters. The Bertz CT molecular complexity index is 613. The number of hydrogen-bond donors (Lipinski definition) is 1. The van der Waals surface area contributed by atoms with Crippen molar-refractivity contribution in [3.8, 4) is 11.5 Å². The molecule has 0 aliphatic carbocycles. The van der Waals surface area contributed by atoms with Crippen molar-refractivity contribution in [3.05, 3.63) is 57.6 Å². The fraction of sp³-hybridized carbons (Fsp3) is 0.250. The molecule has 2 aromatic carbocycles. The molecule has 2 rings (SSSR count). The summed E-state index contributed by atoms with van der Waals surface area (Å²) in [6.07, 6.45) is 0. The third kappa shape index (κ3) is 2.81. The van der Waals surface area contributed by atoms with Crippen LogP contribution in [0.1, 0.15) is 22.7 Å². The van der Waals surface area contributed by atoms with Gasteiger partial charge in [-0.2, -0.15) is 0 Å². The van der Waals surface area contributed by atoms with E-state index in [0.29, 0.717) is 5.75 Å². The quantitative estimate of drug-likeness (QED) is 0.923. The first-order valence-electron chi connectivity index (χ1n) is 6.31. The van der Waals surface area contributed by atoms with Crippen LogP contribution in [-0.4, -0.2) is 14.2 Å². The predicted octanol–water partition coefficient (Wildman–Crippen LogP) is 3.82. The monoisotopic (exact) mass is 335 g/mol. The second-order valence-electron chi connectivity index (χ2n) is 4.60. The SMILES string of the molecule is COc1ccc(C(N)c2cccc(C)c2)c(OC)c1Br. The lowest BCUT2D eigenvalue weighted by Gasteiger charge is -2.19. The Labute approximate surface area is 127 Å². The van der Waals surface area contributed by atoms with Crippen molar-refractivity contribution < 1.29 is 9.47 Å². The number of methoxy groups -OCH3 is 2. The van der Waals surface area contributed by atoms with Crippen molar-refractivity contribution >= 4 is 15.9 Å². The van der Waals surface area contributed by atoms with Crippen molar-refractivity contribution in [3.63, 3.8) is 0 Å². The topological polar surface area (TPSA) is 44.5 Å². The summed E-state index contributed by atoms with van der Waals surface area (Å²) < 4.78 is 11.5. The minimum Gasteiger partial charge on any atom is -0.495 e. The van der Waals surface area contributed by atoms with Crippen LogP contribution >= 0.6 is 15.9 Å². The molecule has 2 aromatic rings. The predicted molar refractivity (Wildman–Crippen MR) is 84.5 cm³/mol. The Balaban J connectivity index is 2.49. The highest BCUT2D eigenvalue weighted by Gasteiger charge is 2.19. The second-order valence-corrected chi connectivity index (χ2v) is 5.39. The van der Waals surface area contributed by atoms with Gasteiger partial charge in [0.25, 0.3) is 0 Å². The van der Waals surface area contributed by atoms with Crippen LogP contribution in [0.15, 0.2) is 40.9 Å². The van der Waals surface area contributed by atoms with Gasteiger partial charge in [-0.05, 0) is 40.5 Å². The van der Waals surface area contributed by atoms with E-state index in [4.69, 9.17) is 15.2 Å². The number of nitrogens with two attached hydrogens (primary N) is 1. The van der Waals surface area contributed by atoms with E-state index >= 15 is 0 Å². The molecule has 0 aromatic heterocycles. The van der Waals surface area contributed by atoms with Gasteiger partial charge < -0.3 is 15.2 Å². The number of ether oxygens (including phenoxy) is 2. The molecular formula is C16H18BrNO2. The first-order valence-corrected chi connectivity index (χ1v) is 7.10. The van der Waals surface area contributed by atoms with Crippen LogP contribution in [0, 0.1) is 6.92 Å². The summed E-state index contributed by atoms with van der Waals surface area (Å²) in [5, 5.41) is 0. The summed E-state index contributed by atoms with van der Waals surface area (Å²) in [6.45, 7) is 2.05. The molecule has 0 bridgehead atoms. The third-order valence-electron chi connectivity index (χ3n) is 3.25. The van der Waals surface area contributed by atoms with Gasteiger partial charge in [-0.3, -0.25) is 0 Å². The summed E-state index contributed by atoms with van der Waals surface area (Å²) >= 11 is 3.50. The summed E-state index contributed by atoms with van der Waals surface area (Å²) in [5.74, 6) is 1.43. The molecule has 0 saturated heterocycles. The molecule has 4 heteroatoms. The van der Waals surface area contributed by atoms with E-state index in [-0.39, 0.29) is 6.04 Å². The van der Waals surface area contributed by atoms with Crippen LogP contribution in [0.5, 0.6) is 11.5 Å². The van der Waals surface area contributed by atoms with Gasteiger partial charge in [-0.25, -0.2) is 0 Å². The van der Waals surface area contributed by atoms with Gasteiger partial charge >= 0.3 is 0 Å². The van der Waals surface area contributed by atoms with Crippen LogP contribution in [0.25, 0.3) is 0 Å². The highest BCUT2D eigenvalue weighted by molar-refractivity contribution is 9.10. The maximum Gasteiger partial charge on any atom is 0.141 e. The first kappa shape index (κ1) is 14.9. The van der Waals surface area contributed by atoms with E-state index in [2.05, 4.69) is 35.0 Å². The Morgan fingerprint density at radius 1 is 1.10 bits per heavy atom. The second kappa shape index (κ2) is 6.29. The maximum absolute atomic E-state index is 6.38. The highest BCUT2D eigenvalue weighted by Crippen LogP contribution is 2.40. The highest BCUT2D eigenvalue weighted by atomic mass is 79.9. The fourth-order valence-electron chi connectivity index (χ4n) is 2.21. The molecule has 3 nitrogen and oxygen atoms in total. The van der Waals surface area contributed by atoms with Gasteiger partial charge in [0.15, 0.2) is 0 Å². The number of rotatable bonds is 4. The molecule has 0 amide bonds. The Morgan fingerprint density at radius 3 is 2.45 bits per heavy atom. The Morgan fingerprint density at radius 2 is 1.85 bits per heavy atom. The normalized spacial score (nSPS) is 12.1. The molecule has 1 atom stereocenters. The van der Waals surface area contributed by atoms with Crippen LogP contribution in [0.4, 0.5) is 0 Å². The lowest BCUT2D eigenvalue weighted by Crippen LogP contribution is -2.13.